The van der Waals surface area contributed by atoms with Crippen molar-refractivity contribution in [2.45, 2.75) is 63.2 Å². The molecule has 0 saturated heterocycles. The van der Waals surface area contributed by atoms with Gasteiger partial charge in [0.25, 0.3) is 0 Å². The van der Waals surface area contributed by atoms with Crippen LogP contribution in [0, 0.1) is 0 Å². The Balaban J connectivity index is 0.000000253. The first-order chi connectivity index (χ1) is 17.0. The van der Waals surface area contributed by atoms with Crippen LogP contribution in [0.2, 0.25) is 0 Å². The van der Waals surface area contributed by atoms with Gasteiger partial charge in [-0.05, 0) is 81.6 Å². The van der Waals surface area contributed by atoms with E-state index in [1.54, 1.807) is 24.3 Å². The molecule has 0 aliphatic rings. The third kappa shape index (κ3) is 6.92. The van der Waals surface area contributed by atoms with E-state index in [0.29, 0.717) is 10.8 Å². The van der Waals surface area contributed by atoms with E-state index in [0.717, 1.165) is 58.7 Å². The molecule has 0 spiro atoms. The standard InChI is InChI=1S/2C14H16O3S.Ca/c2*1-3-10-9-14(18(15,16)17)13-8-6-5-7-12(13)11(10)4-2;/h2*5-9H,3-4H2,1-2H3,(H,15,16,17);/q;;+2/p-2. The molecule has 9 heteroatoms. The van der Waals surface area contributed by atoms with E-state index in [4.69, 9.17) is 0 Å². The molecule has 0 aliphatic heterocycles. The van der Waals surface area contributed by atoms with E-state index in [1.165, 1.54) is 12.1 Å². The van der Waals surface area contributed by atoms with Crippen molar-refractivity contribution in [1.82, 2.24) is 0 Å². The van der Waals surface area contributed by atoms with Gasteiger partial charge in [-0.2, -0.15) is 0 Å². The minimum absolute atomic E-state index is 0. The zero-order valence-corrected chi connectivity index (χ0v) is 25.4. The number of hydrogen-bond acceptors (Lipinski definition) is 6. The van der Waals surface area contributed by atoms with E-state index in [-0.39, 0.29) is 47.5 Å². The smallest absolute Gasteiger partial charge is 0.744 e. The van der Waals surface area contributed by atoms with Gasteiger partial charge in [0, 0.05) is 0 Å². The molecule has 4 aromatic carbocycles. The summed E-state index contributed by atoms with van der Waals surface area (Å²) in [6, 6.07) is 17.4. The van der Waals surface area contributed by atoms with Crippen molar-refractivity contribution in [3.8, 4) is 0 Å². The average Bonchev–Trinajstić information content (AvgIpc) is 2.85. The molecule has 0 amide bonds. The van der Waals surface area contributed by atoms with Gasteiger partial charge < -0.3 is 9.11 Å². The topological polar surface area (TPSA) is 114 Å². The Bertz CT molecular complexity index is 1500. The van der Waals surface area contributed by atoms with Gasteiger partial charge in [-0.15, -0.1) is 0 Å². The maximum atomic E-state index is 11.4. The summed E-state index contributed by atoms with van der Waals surface area (Å²) >= 11 is 0. The second-order valence-electron chi connectivity index (χ2n) is 8.44. The van der Waals surface area contributed by atoms with Gasteiger partial charge >= 0.3 is 37.7 Å². The van der Waals surface area contributed by atoms with Crippen LogP contribution in [0.25, 0.3) is 21.5 Å². The zero-order chi connectivity index (χ0) is 26.7. The summed E-state index contributed by atoms with van der Waals surface area (Å²) in [7, 11) is -8.87. The van der Waals surface area contributed by atoms with Crippen LogP contribution in [0.1, 0.15) is 49.9 Å². The summed E-state index contributed by atoms with van der Waals surface area (Å²) in [5.41, 5.74) is 4.12. The van der Waals surface area contributed by atoms with Gasteiger partial charge in [0.1, 0.15) is 20.2 Å². The summed E-state index contributed by atoms with van der Waals surface area (Å²) in [6.45, 7) is 7.99. The van der Waals surface area contributed by atoms with Gasteiger partial charge in [-0.25, -0.2) is 16.8 Å². The fraction of sp³-hybridized carbons (Fsp3) is 0.286. The molecular weight excluding hydrogens is 537 g/mol. The normalized spacial score (nSPS) is 11.6. The molecule has 0 aliphatic carbocycles. The summed E-state index contributed by atoms with van der Waals surface area (Å²) < 4.78 is 68.2. The van der Waals surface area contributed by atoms with Gasteiger partial charge in [-0.3, -0.25) is 0 Å². The first-order valence-corrected chi connectivity index (χ1v) is 14.8. The summed E-state index contributed by atoms with van der Waals surface area (Å²) in [5, 5.41) is 2.80. The molecule has 192 valence electrons. The van der Waals surface area contributed by atoms with Crippen LogP contribution < -0.4 is 0 Å². The molecule has 0 radical (unpaired) electrons. The molecule has 0 fully saturated rings. The number of fused-ring (bicyclic) bond motifs is 2. The zero-order valence-electron chi connectivity index (χ0n) is 21.6. The molecule has 4 aromatic rings. The number of rotatable bonds is 6. The van der Waals surface area contributed by atoms with Crippen LogP contribution in [0.5, 0.6) is 0 Å². The fourth-order valence-corrected chi connectivity index (χ4v) is 6.26. The first-order valence-electron chi connectivity index (χ1n) is 12.0. The van der Waals surface area contributed by atoms with Crippen LogP contribution in [-0.4, -0.2) is 63.7 Å². The SMILES string of the molecule is CCc1cc(S(=O)(=O)[O-])c2ccccc2c1CC.CCc1cc(S(=O)(=O)[O-])c2ccccc2c1CC.[Ca+2]. The van der Waals surface area contributed by atoms with Gasteiger partial charge in [0.05, 0.1) is 9.79 Å². The van der Waals surface area contributed by atoms with Crippen molar-refractivity contribution >= 4 is 79.5 Å². The van der Waals surface area contributed by atoms with Crippen molar-refractivity contribution in [2.75, 3.05) is 0 Å². The maximum Gasteiger partial charge on any atom is 2.00 e. The summed E-state index contributed by atoms with van der Waals surface area (Å²) in [4.78, 5) is -0.209. The molecule has 37 heavy (non-hydrogen) atoms. The minimum Gasteiger partial charge on any atom is -0.744 e. The molecule has 0 N–H and O–H groups in total. The third-order valence-electron chi connectivity index (χ3n) is 6.43. The van der Waals surface area contributed by atoms with Crippen LogP contribution in [0.15, 0.2) is 70.5 Å². The number of hydrogen-bond donors (Lipinski definition) is 0. The number of aryl methyl sites for hydroxylation is 4. The van der Waals surface area contributed by atoms with Gasteiger partial charge in [0.2, 0.25) is 0 Å². The number of benzene rings is 4. The van der Waals surface area contributed by atoms with Crippen molar-refractivity contribution in [2.24, 2.45) is 0 Å². The van der Waals surface area contributed by atoms with Gasteiger partial charge in [0.15, 0.2) is 0 Å². The van der Waals surface area contributed by atoms with Gasteiger partial charge in [-0.1, -0.05) is 76.2 Å². The monoisotopic (exact) mass is 566 g/mol. The molecule has 0 unspecified atom stereocenters. The van der Waals surface area contributed by atoms with E-state index >= 15 is 0 Å². The molecule has 0 bridgehead atoms. The van der Waals surface area contributed by atoms with E-state index in [9.17, 15) is 25.9 Å². The van der Waals surface area contributed by atoms with Crippen molar-refractivity contribution in [3.63, 3.8) is 0 Å². The fourth-order valence-electron chi connectivity index (χ4n) is 4.79. The van der Waals surface area contributed by atoms with Crippen molar-refractivity contribution in [1.29, 1.82) is 0 Å². The van der Waals surface area contributed by atoms with Crippen LogP contribution in [0.4, 0.5) is 0 Å². The molecular formula is C28H30CaO6S2. The Hall–Kier alpha value is -1.52. The van der Waals surface area contributed by atoms with Crippen LogP contribution in [-0.2, 0) is 45.9 Å². The second kappa shape index (κ2) is 13.0. The predicted octanol–water partition coefficient (Wildman–Crippen LogP) is 5.36. The largest absolute Gasteiger partial charge is 2.00 e. The first kappa shape index (κ1) is 31.7. The Labute approximate surface area is 249 Å². The predicted molar refractivity (Wildman–Crippen MR) is 147 cm³/mol. The van der Waals surface area contributed by atoms with Crippen molar-refractivity contribution < 1.29 is 25.9 Å². The quantitative estimate of drug-likeness (QED) is 0.229. The maximum absolute atomic E-state index is 11.4. The Kier molecular flexibility index (Phi) is 11.2. The summed E-state index contributed by atoms with van der Waals surface area (Å²) in [5.74, 6) is 0. The van der Waals surface area contributed by atoms with E-state index in [2.05, 4.69) is 0 Å². The average molecular weight is 567 g/mol. The minimum atomic E-state index is -4.44. The molecule has 4 rings (SSSR count). The Morgan fingerprint density at radius 1 is 0.541 bits per heavy atom. The third-order valence-corrected chi connectivity index (χ3v) is 8.18. The van der Waals surface area contributed by atoms with E-state index in [1.807, 2.05) is 52.0 Å². The Morgan fingerprint density at radius 2 is 0.838 bits per heavy atom. The second-order valence-corrected chi connectivity index (χ2v) is 11.1. The van der Waals surface area contributed by atoms with E-state index < -0.39 is 20.2 Å². The van der Waals surface area contributed by atoms with Crippen LogP contribution >= 0.6 is 0 Å². The molecule has 6 nitrogen and oxygen atoms in total. The molecule has 0 aromatic heterocycles. The Morgan fingerprint density at radius 3 is 1.08 bits per heavy atom. The molecule has 0 heterocycles. The van der Waals surface area contributed by atoms with Crippen LogP contribution in [0.3, 0.4) is 0 Å². The van der Waals surface area contributed by atoms with Crippen molar-refractivity contribution in [3.05, 3.63) is 82.9 Å². The molecule has 0 atom stereocenters. The molecule has 0 saturated carbocycles. The summed E-state index contributed by atoms with van der Waals surface area (Å²) in [6.07, 6.45) is 3.08.